The number of carbonyl (C=O) groups is 1. The molecule has 3 rings (SSSR count). The normalized spacial score (nSPS) is 15.3. The van der Waals surface area contributed by atoms with Gasteiger partial charge in [-0.15, -0.1) is 0 Å². The van der Waals surface area contributed by atoms with Crippen molar-refractivity contribution in [3.63, 3.8) is 0 Å². The summed E-state index contributed by atoms with van der Waals surface area (Å²) >= 11 is 0. The minimum absolute atomic E-state index is 0.247. The van der Waals surface area contributed by atoms with Gasteiger partial charge in [-0.25, -0.2) is 9.78 Å². The number of methoxy groups -OCH3 is 1. The zero-order valence-corrected chi connectivity index (χ0v) is 17.3. The van der Waals surface area contributed by atoms with Crippen LogP contribution in [0.2, 0.25) is 0 Å². The molecule has 0 radical (unpaired) electrons. The van der Waals surface area contributed by atoms with Crippen LogP contribution in [0.3, 0.4) is 0 Å². The third-order valence-corrected chi connectivity index (χ3v) is 4.58. The van der Waals surface area contributed by atoms with Gasteiger partial charge in [0, 0.05) is 44.9 Å². The van der Waals surface area contributed by atoms with E-state index in [0.29, 0.717) is 24.7 Å². The predicted molar refractivity (Wildman–Crippen MR) is 108 cm³/mol. The molecule has 7 nitrogen and oxygen atoms in total. The van der Waals surface area contributed by atoms with Crippen molar-refractivity contribution in [2.24, 2.45) is 0 Å². The number of ether oxygens (including phenoxy) is 2. The fourth-order valence-corrected chi connectivity index (χ4v) is 3.25. The Morgan fingerprint density at radius 3 is 2.61 bits per heavy atom. The summed E-state index contributed by atoms with van der Waals surface area (Å²) in [6.45, 7) is 10.4. The highest BCUT2D eigenvalue weighted by Gasteiger charge is 2.25. The average Bonchev–Trinajstić information content (AvgIpc) is 2.91. The molecular weight excluding hydrogens is 358 g/mol. The predicted octanol–water partition coefficient (Wildman–Crippen LogP) is 4.11. The summed E-state index contributed by atoms with van der Waals surface area (Å²) in [6.07, 6.45) is 2.34. The Morgan fingerprint density at radius 1 is 1.18 bits per heavy atom. The summed E-state index contributed by atoms with van der Waals surface area (Å²) in [6, 6.07) is 6.06. The Morgan fingerprint density at radius 2 is 1.96 bits per heavy atom. The fraction of sp³-hybridized carbons (Fsp3) is 0.524. The summed E-state index contributed by atoms with van der Waals surface area (Å²) < 4.78 is 16.7. The lowest BCUT2D eigenvalue weighted by molar-refractivity contribution is 0.0263. The summed E-state index contributed by atoms with van der Waals surface area (Å²) in [5.41, 5.74) is 1.45. The molecule has 0 atom stereocenters. The van der Waals surface area contributed by atoms with Gasteiger partial charge in [0.2, 0.25) is 0 Å². The number of hydrogen-bond acceptors (Lipinski definition) is 6. The van der Waals surface area contributed by atoms with Crippen LogP contribution in [0.5, 0.6) is 5.75 Å². The molecule has 1 saturated heterocycles. The van der Waals surface area contributed by atoms with Gasteiger partial charge in [0.15, 0.2) is 11.7 Å². The van der Waals surface area contributed by atoms with Crippen molar-refractivity contribution in [3.8, 4) is 17.1 Å². The minimum Gasteiger partial charge on any atom is -0.496 e. The van der Waals surface area contributed by atoms with Crippen LogP contribution < -0.4 is 9.64 Å². The molecule has 152 valence electrons. The van der Waals surface area contributed by atoms with E-state index in [9.17, 15) is 4.79 Å². The Hall–Kier alpha value is -2.70. The molecule has 1 aliphatic rings. The standard InChI is InChI=1S/C21H29N3O4/c1-15-22-14-19(27-15)17-8-7-16(13-18(17)26-5)23-9-6-10-24(12-11-23)20(25)28-21(2,3)4/h7-8,13-14H,6,9-12H2,1-5H3. The van der Waals surface area contributed by atoms with E-state index in [1.807, 2.05) is 39.8 Å². The largest absolute Gasteiger partial charge is 0.496 e. The highest BCUT2D eigenvalue weighted by atomic mass is 16.6. The number of amides is 1. The molecule has 2 heterocycles. The van der Waals surface area contributed by atoms with Gasteiger partial charge < -0.3 is 23.7 Å². The molecule has 0 saturated carbocycles. The van der Waals surface area contributed by atoms with Crippen molar-refractivity contribution < 1.29 is 18.7 Å². The third kappa shape index (κ3) is 4.77. The number of nitrogens with zero attached hydrogens (tertiary/aromatic N) is 3. The Bertz CT molecular complexity index is 825. The van der Waals surface area contributed by atoms with Crippen LogP contribution in [-0.2, 0) is 4.74 Å². The third-order valence-electron chi connectivity index (χ3n) is 4.58. The number of rotatable bonds is 3. The maximum Gasteiger partial charge on any atom is 0.410 e. The van der Waals surface area contributed by atoms with Crippen molar-refractivity contribution >= 4 is 11.8 Å². The van der Waals surface area contributed by atoms with Gasteiger partial charge in [0.05, 0.1) is 18.9 Å². The average molecular weight is 387 g/mol. The molecule has 0 aliphatic carbocycles. The molecule has 0 unspecified atom stereocenters. The monoisotopic (exact) mass is 387 g/mol. The molecule has 0 bridgehead atoms. The van der Waals surface area contributed by atoms with E-state index in [1.165, 1.54) is 0 Å². The lowest BCUT2D eigenvalue weighted by Crippen LogP contribution is -2.39. The van der Waals surface area contributed by atoms with Gasteiger partial charge in [0.1, 0.15) is 11.4 Å². The van der Waals surface area contributed by atoms with E-state index in [0.717, 1.165) is 36.5 Å². The van der Waals surface area contributed by atoms with Crippen LogP contribution in [0, 0.1) is 6.92 Å². The Kier molecular flexibility index (Phi) is 5.82. The first-order chi connectivity index (χ1) is 13.3. The molecule has 2 aromatic rings. The molecule has 0 spiro atoms. The first kappa shape index (κ1) is 20.0. The highest BCUT2D eigenvalue weighted by Crippen LogP contribution is 2.34. The van der Waals surface area contributed by atoms with E-state index < -0.39 is 5.60 Å². The fourth-order valence-electron chi connectivity index (χ4n) is 3.25. The van der Waals surface area contributed by atoms with Crippen LogP contribution in [0.15, 0.2) is 28.8 Å². The maximum absolute atomic E-state index is 12.4. The summed E-state index contributed by atoms with van der Waals surface area (Å²) in [4.78, 5) is 20.6. The van der Waals surface area contributed by atoms with Gasteiger partial charge in [-0.1, -0.05) is 0 Å². The molecule has 1 aromatic carbocycles. The molecule has 1 aliphatic heterocycles. The summed E-state index contributed by atoms with van der Waals surface area (Å²) in [5, 5.41) is 0. The lowest BCUT2D eigenvalue weighted by atomic mass is 10.1. The number of carbonyl (C=O) groups excluding carboxylic acids is 1. The topological polar surface area (TPSA) is 68.0 Å². The quantitative estimate of drug-likeness (QED) is 0.790. The maximum atomic E-state index is 12.4. The lowest BCUT2D eigenvalue weighted by Gasteiger charge is -2.27. The minimum atomic E-state index is -0.481. The van der Waals surface area contributed by atoms with E-state index in [2.05, 4.69) is 16.0 Å². The van der Waals surface area contributed by atoms with Crippen LogP contribution >= 0.6 is 0 Å². The molecular formula is C21H29N3O4. The SMILES string of the molecule is COc1cc(N2CCCN(C(=O)OC(C)(C)C)CC2)ccc1-c1cnc(C)o1. The van der Waals surface area contributed by atoms with Crippen LogP contribution in [0.25, 0.3) is 11.3 Å². The number of oxazole rings is 1. The second kappa shape index (κ2) is 8.12. The second-order valence-corrected chi connectivity index (χ2v) is 7.94. The zero-order valence-electron chi connectivity index (χ0n) is 17.3. The molecule has 1 amide bonds. The zero-order chi connectivity index (χ0) is 20.3. The summed E-state index contributed by atoms with van der Waals surface area (Å²) in [7, 11) is 1.65. The first-order valence-corrected chi connectivity index (χ1v) is 9.60. The number of hydrogen-bond donors (Lipinski definition) is 0. The molecule has 1 aromatic heterocycles. The van der Waals surface area contributed by atoms with E-state index in [4.69, 9.17) is 13.9 Å². The van der Waals surface area contributed by atoms with Crippen molar-refractivity contribution in [1.82, 2.24) is 9.88 Å². The molecule has 7 heteroatoms. The molecule has 28 heavy (non-hydrogen) atoms. The van der Waals surface area contributed by atoms with Crippen LogP contribution in [0.1, 0.15) is 33.1 Å². The van der Waals surface area contributed by atoms with E-state index in [-0.39, 0.29) is 6.09 Å². The smallest absolute Gasteiger partial charge is 0.410 e. The Labute approximate surface area is 166 Å². The molecule has 1 fully saturated rings. The van der Waals surface area contributed by atoms with Gasteiger partial charge in [-0.3, -0.25) is 0 Å². The van der Waals surface area contributed by atoms with Gasteiger partial charge >= 0.3 is 6.09 Å². The number of benzene rings is 1. The van der Waals surface area contributed by atoms with Crippen molar-refractivity contribution in [1.29, 1.82) is 0 Å². The second-order valence-electron chi connectivity index (χ2n) is 7.94. The summed E-state index contributed by atoms with van der Waals surface area (Å²) in [5.74, 6) is 2.05. The van der Waals surface area contributed by atoms with E-state index in [1.54, 1.807) is 18.2 Å². The van der Waals surface area contributed by atoms with Gasteiger partial charge in [-0.05, 0) is 39.3 Å². The molecule has 0 N–H and O–H groups in total. The van der Waals surface area contributed by atoms with Crippen molar-refractivity contribution in [2.45, 2.75) is 39.7 Å². The number of aryl methyl sites for hydroxylation is 1. The number of aromatic nitrogens is 1. The first-order valence-electron chi connectivity index (χ1n) is 9.60. The van der Waals surface area contributed by atoms with Crippen LogP contribution in [-0.4, -0.2) is 54.9 Å². The van der Waals surface area contributed by atoms with Gasteiger partial charge in [0.25, 0.3) is 0 Å². The van der Waals surface area contributed by atoms with Crippen LogP contribution in [0.4, 0.5) is 10.5 Å². The van der Waals surface area contributed by atoms with E-state index >= 15 is 0 Å². The Balaban J connectivity index is 1.73. The van der Waals surface area contributed by atoms with Gasteiger partial charge in [-0.2, -0.15) is 0 Å². The number of anilines is 1. The highest BCUT2D eigenvalue weighted by molar-refractivity contribution is 5.70. The van der Waals surface area contributed by atoms with Crippen molar-refractivity contribution in [3.05, 3.63) is 30.3 Å². The van der Waals surface area contributed by atoms with Crippen molar-refractivity contribution in [2.75, 3.05) is 38.2 Å².